The normalized spacial score (nSPS) is 19.4. The minimum atomic E-state index is 0.444. The van der Waals surface area contributed by atoms with Gasteiger partial charge < -0.3 is 5.32 Å². The van der Waals surface area contributed by atoms with E-state index in [-0.39, 0.29) is 0 Å². The van der Waals surface area contributed by atoms with Gasteiger partial charge in [0.15, 0.2) is 0 Å². The fourth-order valence-electron chi connectivity index (χ4n) is 2.82. The Kier molecular flexibility index (Phi) is 6.59. The molecule has 0 unspecified atom stereocenters. The van der Waals surface area contributed by atoms with Crippen LogP contribution in [0.2, 0.25) is 0 Å². The molecule has 0 aromatic heterocycles. The molecule has 1 aromatic rings. The zero-order chi connectivity index (χ0) is 15.1. The van der Waals surface area contributed by atoms with Crippen LogP contribution in [0, 0.1) is 0 Å². The molecular weight excluding hydrogens is 276 g/mol. The van der Waals surface area contributed by atoms with Crippen molar-refractivity contribution >= 4 is 11.8 Å². The molecule has 0 spiro atoms. The third kappa shape index (κ3) is 5.65. The van der Waals surface area contributed by atoms with Gasteiger partial charge in [0.05, 0.1) is 0 Å². The summed E-state index contributed by atoms with van der Waals surface area (Å²) in [5, 5.41) is 3.43. The quantitative estimate of drug-likeness (QED) is 0.809. The van der Waals surface area contributed by atoms with Crippen molar-refractivity contribution in [1.29, 1.82) is 0 Å². The second-order valence-corrected chi connectivity index (χ2v) is 8.31. The van der Waals surface area contributed by atoms with Crippen LogP contribution < -0.4 is 5.32 Å². The monoisotopic (exact) mass is 306 g/mol. The van der Waals surface area contributed by atoms with Crippen molar-refractivity contribution in [2.75, 3.05) is 31.9 Å². The highest BCUT2D eigenvalue weighted by Gasteiger charge is 2.23. The van der Waals surface area contributed by atoms with Crippen molar-refractivity contribution in [3.8, 4) is 0 Å². The largest absolute Gasteiger partial charge is 0.317 e. The van der Waals surface area contributed by atoms with Crippen LogP contribution in [0.1, 0.15) is 38.3 Å². The van der Waals surface area contributed by atoms with Crippen molar-refractivity contribution in [3.63, 3.8) is 0 Å². The number of thioether (sulfide) groups is 1. The number of nitrogens with zero attached hydrogens (tertiary/aromatic N) is 1. The molecule has 1 heterocycles. The van der Waals surface area contributed by atoms with Gasteiger partial charge in [0.25, 0.3) is 0 Å². The zero-order valence-corrected chi connectivity index (χ0v) is 14.6. The lowest BCUT2D eigenvalue weighted by Gasteiger charge is -2.23. The van der Waals surface area contributed by atoms with Gasteiger partial charge in [0.1, 0.15) is 0 Å². The molecule has 2 nitrogen and oxygen atoms in total. The molecule has 0 amide bonds. The highest BCUT2D eigenvalue weighted by molar-refractivity contribution is 8.00. The van der Waals surface area contributed by atoms with E-state index < -0.39 is 0 Å². The van der Waals surface area contributed by atoms with Gasteiger partial charge in [-0.15, -0.1) is 0 Å². The van der Waals surface area contributed by atoms with E-state index in [1.807, 2.05) is 0 Å². The first-order chi connectivity index (χ1) is 10.1. The predicted molar refractivity (Wildman–Crippen MR) is 95.1 cm³/mol. The van der Waals surface area contributed by atoms with Gasteiger partial charge in [-0.25, -0.2) is 0 Å². The van der Waals surface area contributed by atoms with Crippen LogP contribution in [0.5, 0.6) is 0 Å². The summed E-state index contributed by atoms with van der Waals surface area (Å²) in [6.45, 7) is 12.6. The Morgan fingerprint density at radius 3 is 2.71 bits per heavy atom. The first kappa shape index (κ1) is 16.9. The van der Waals surface area contributed by atoms with Gasteiger partial charge in [-0.2, -0.15) is 11.8 Å². The van der Waals surface area contributed by atoms with E-state index in [2.05, 4.69) is 67.0 Å². The molecule has 21 heavy (non-hydrogen) atoms. The average Bonchev–Trinajstić information content (AvgIpc) is 2.62. The third-order valence-corrected chi connectivity index (χ3v) is 5.64. The van der Waals surface area contributed by atoms with Gasteiger partial charge >= 0.3 is 0 Å². The summed E-state index contributed by atoms with van der Waals surface area (Å²) in [4.78, 5) is 2.63. The van der Waals surface area contributed by atoms with E-state index in [4.69, 9.17) is 0 Å². The van der Waals surface area contributed by atoms with Crippen molar-refractivity contribution in [1.82, 2.24) is 10.2 Å². The van der Waals surface area contributed by atoms with Crippen molar-refractivity contribution in [2.24, 2.45) is 0 Å². The summed E-state index contributed by atoms with van der Waals surface area (Å²) in [6.07, 6.45) is 2.43. The maximum atomic E-state index is 3.43. The molecule has 1 aromatic carbocycles. The molecule has 1 N–H and O–H groups in total. The number of rotatable bonds is 6. The number of hydrogen-bond acceptors (Lipinski definition) is 3. The fraction of sp³-hybridized carbons (Fsp3) is 0.667. The van der Waals surface area contributed by atoms with Crippen LogP contribution in [0.3, 0.4) is 0 Å². The molecular formula is C18H30N2S. The molecule has 1 aliphatic heterocycles. The van der Waals surface area contributed by atoms with E-state index in [9.17, 15) is 0 Å². The first-order valence-corrected chi connectivity index (χ1v) is 9.23. The molecule has 0 bridgehead atoms. The fourth-order valence-corrected chi connectivity index (χ4v) is 3.95. The topological polar surface area (TPSA) is 15.3 Å². The van der Waals surface area contributed by atoms with Gasteiger partial charge in [-0.3, -0.25) is 4.90 Å². The van der Waals surface area contributed by atoms with Crippen LogP contribution in [0.25, 0.3) is 0 Å². The van der Waals surface area contributed by atoms with Crippen molar-refractivity contribution < 1.29 is 0 Å². The van der Waals surface area contributed by atoms with Crippen LogP contribution in [-0.4, -0.2) is 41.6 Å². The van der Waals surface area contributed by atoms with E-state index in [0.717, 1.165) is 26.1 Å². The lowest BCUT2D eigenvalue weighted by Crippen LogP contribution is -2.27. The van der Waals surface area contributed by atoms with Crippen molar-refractivity contribution in [3.05, 3.63) is 35.4 Å². The summed E-state index contributed by atoms with van der Waals surface area (Å²) in [7, 11) is 0. The Morgan fingerprint density at radius 2 is 1.95 bits per heavy atom. The first-order valence-electron chi connectivity index (χ1n) is 8.24. The lowest BCUT2D eigenvalue weighted by atomic mass is 10.0. The van der Waals surface area contributed by atoms with Crippen LogP contribution in [0.15, 0.2) is 24.3 Å². The van der Waals surface area contributed by atoms with Crippen LogP contribution >= 0.6 is 11.8 Å². The Morgan fingerprint density at radius 1 is 1.19 bits per heavy atom. The Labute approximate surface area is 134 Å². The summed E-state index contributed by atoms with van der Waals surface area (Å²) in [5.74, 6) is 1.26. The van der Waals surface area contributed by atoms with Gasteiger partial charge in [-0.05, 0) is 43.6 Å². The summed E-state index contributed by atoms with van der Waals surface area (Å²) < 4.78 is 0.444. The highest BCUT2D eigenvalue weighted by atomic mass is 32.2. The van der Waals surface area contributed by atoms with E-state index >= 15 is 0 Å². The molecule has 0 aliphatic carbocycles. The molecule has 0 radical (unpaired) electrons. The zero-order valence-electron chi connectivity index (χ0n) is 13.8. The third-order valence-electron chi connectivity index (χ3n) is 4.26. The SMILES string of the molecule is CCNCCc1ccccc1CN1CCSC(C)(C)CC1. The molecule has 2 rings (SSSR count). The molecule has 1 aliphatic rings. The number of hydrogen-bond donors (Lipinski definition) is 1. The minimum absolute atomic E-state index is 0.444. The predicted octanol–water partition coefficient (Wildman–Crippen LogP) is 3.56. The number of benzene rings is 1. The Balaban J connectivity index is 1.95. The van der Waals surface area contributed by atoms with Gasteiger partial charge in [0.2, 0.25) is 0 Å². The molecule has 118 valence electrons. The van der Waals surface area contributed by atoms with E-state index in [0.29, 0.717) is 4.75 Å². The summed E-state index contributed by atoms with van der Waals surface area (Å²) in [6, 6.07) is 8.96. The lowest BCUT2D eigenvalue weighted by molar-refractivity contribution is 0.275. The van der Waals surface area contributed by atoms with Crippen LogP contribution in [0.4, 0.5) is 0 Å². The Bertz CT molecular complexity index is 431. The molecule has 1 saturated heterocycles. The number of nitrogens with one attached hydrogen (secondary N) is 1. The second kappa shape index (κ2) is 8.21. The molecule has 1 fully saturated rings. The standard InChI is InChI=1S/C18H30N2S/c1-4-19-11-9-16-7-5-6-8-17(16)15-20-12-10-18(2,3)21-14-13-20/h5-8,19H,4,9-15H2,1-3H3. The second-order valence-electron chi connectivity index (χ2n) is 6.51. The maximum Gasteiger partial charge on any atom is 0.0236 e. The van der Waals surface area contributed by atoms with E-state index in [1.165, 1.54) is 36.4 Å². The molecule has 0 atom stereocenters. The molecule has 0 saturated carbocycles. The summed E-state index contributed by atoms with van der Waals surface area (Å²) in [5.41, 5.74) is 3.02. The van der Waals surface area contributed by atoms with Gasteiger partial charge in [-0.1, -0.05) is 45.0 Å². The Hall–Kier alpha value is -0.510. The molecule has 3 heteroatoms. The van der Waals surface area contributed by atoms with Gasteiger partial charge in [0, 0.05) is 23.6 Å². The summed E-state index contributed by atoms with van der Waals surface area (Å²) >= 11 is 2.12. The van der Waals surface area contributed by atoms with Crippen molar-refractivity contribution in [2.45, 2.75) is 44.9 Å². The smallest absolute Gasteiger partial charge is 0.0236 e. The maximum absolute atomic E-state index is 3.43. The van der Waals surface area contributed by atoms with Crippen LogP contribution in [-0.2, 0) is 13.0 Å². The highest BCUT2D eigenvalue weighted by Crippen LogP contribution is 2.31. The average molecular weight is 307 g/mol. The minimum Gasteiger partial charge on any atom is -0.317 e. The van der Waals surface area contributed by atoms with E-state index in [1.54, 1.807) is 0 Å². The number of likely N-dealkylation sites (N-methyl/N-ethyl adjacent to an activating group) is 1.